The molecule has 2 nitrogen and oxygen atoms in total. The molecule has 0 saturated carbocycles. The van der Waals surface area contributed by atoms with Gasteiger partial charge in [0.1, 0.15) is 0 Å². The van der Waals surface area contributed by atoms with Crippen LogP contribution in [-0.2, 0) is 0 Å². The molecule has 0 fully saturated rings. The fraction of sp³-hybridized carbons (Fsp3) is 1.00. The van der Waals surface area contributed by atoms with E-state index in [-0.39, 0.29) is 12.6 Å². The number of hydrogen-bond donors (Lipinski definition) is 2. The maximum absolute atomic E-state index is 8.83. The molecule has 0 heterocycles. The number of rotatable bonds is 3. The Morgan fingerprint density at radius 1 is 1.40 bits per heavy atom. The summed E-state index contributed by atoms with van der Waals surface area (Å²) >= 11 is 0. The second-order valence-electron chi connectivity index (χ2n) is 3.93. The van der Waals surface area contributed by atoms with Crippen LogP contribution in [-0.4, -0.2) is 24.8 Å². The standard InChI is InChI=1S/C8H19NO/c1-8(2,3)5-7(6-10)9-4/h7,9-10H,5-6H2,1-4H3. The Bertz CT molecular complexity index is 81.7. The molecule has 0 aromatic heterocycles. The molecule has 0 saturated heterocycles. The minimum atomic E-state index is 0.230. The lowest BCUT2D eigenvalue weighted by Crippen LogP contribution is -2.33. The molecule has 0 aliphatic rings. The van der Waals surface area contributed by atoms with Gasteiger partial charge in [0.2, 0.25) is 0 Å². The van der Waals surface area contributed by atoms with E-state index < -0.39 is 0 Å². The molecule has 0 rings (SSSR count). The van der Waals surface area contributed by atoms with Crippen molar-refractivity contribution in [1.29, 1.82) is 0 Å². The first-order valence-electron chi connectivity index (χ1n) is 3.77. The first-order valence-corrected chi connectivity index (χ1v) is 3.77. The molecule has 0 spiro atoms. The summed E-state index contributed by atoms with van der Waals surface area (Å²) in [4.78, 5) is 0. The van der Waals surface area contributed by atoms with Crippen LogP contribution in [0.5, 0.6) is 0 Å². The van der Waals surface area contributed by atoms with E-state index >= 15 is 0 Å². The van der Waals surface area contributed by atoms with E-state index in [1.54, 1.807) is 0 Å². The molecule has 0 aliphatic carbocycles. The van der Waals surface area contributed by atoms with Crippen LogP contribution in [0.1, 0.15) is 27.2 Å². The predicted molar refractivity (Wildman–Crippen MR) is 44.0 cm³/mol. The predicted octanol–water partition coefficient (Wildman–Crippen LogP) is 1.00. The highest BCUT2D eigenvalue weighted by atomic mass is 16.3. The Kier molecular flexibility index (Phi) is 3.91. The third-order valence-corrected chi connectivity index (χ3v) is 1.49. The molecular formula is C8H19NO. The van der Waals surface area contributed by atoms with Crippen molar-refractivity contribution in [3.05, 3.63) is 0 Å². The highest BCUT2D eigenvalue weighted by molar-refractivity contribution is 4.71. The smallest absolute Gasteiger partial charge is 0.0584 e. The third kappa shape index (κ3) is 4.77. The minimum absolute atomic E-state index is 0.230. The van der Waals surface area contributed by atoms with Crippen molar-refractivity contribution in [3.8, 4) is 0 Å². The topological polar surface area (TPSA) is 32.3 Å². The Hall–Kier alpha value is -0.0800. The average molecular weight is 145 g/mol. The fourth-order valence-electron chi connectivity index (χ4n) is 0.997. The van der Waals surface area contributed by atoms with Crippen molar-refractivity contribution in [1.82, 2.24) is 5.32 Å². The fourth-order valence-corrected chi connectivity index (χ4v) is 0.997. The van der Waals surface area contributed by atoms with E-state index in [4.69, 9.17) is 5.11 Å². The summed E-state index contributed by atoms with van der Waals surface area (Å²) in [6.45, 7) is 6.75. The van der Waals surface area contributed by atoms with Gasteiger partial charge in [-0.3, -0.25) is 0 Å². The van der Waals surface area contributed by atoms with Crippen molar-refractivity contribution in [3.63, 3.8) is 0 Å². The van der Waals surface area contributed by atoms with Gasteiger partial charge < -0.3 is 10.4 Å². The molecule has 1 atom stereocenters. The van der Waals surface area contributed by atoms with Gasteiger partial charge in [-0.2, -0.15) is 0 Å². The molecule has 0 aromatic rings. The second kappa shape index (κ2) is 3.94. The van der Waals surface area contributed by atoms with Crippen LogP contribution < -0.4 is 5.32 Å². The van der Waals surface area contributed by atoms with Gasteiger partial charge in [0.25, 0.3) is 0 Å². The summed E-state index contributed by atoms with van der Waals surface area (Å²) in [5.41, 5.74) is 0.302. The molecule has 0 aliphatic heterocycles. The number of aliphatic hydroxyl groups is 1. The zero-order valence-electron chi connectivity index (χ0n) is 7.44. The van der Waals surface area contributed by atoms with Crippen molar-refractivity contribution in [2.24, 2.45) is 5.41 Å². The highest BCUT2D eigenvalue weighted by Gasteiger charge is 2.15. The minimum Gasteiger partial charge on any atom is -0.395 e. The summed E-state index contributed by atoms with van der Waals surface area (Å²) in [5, 5.41) is 11.9. The Balaban J connectivity index is 3.63. The first kappa shape index (κ1) is 9.92. The molecule has 10 heavy (non-hydrogen) atoms. The lowest BCUT2D eigenvalue weighted by molar-refractivity contribution is 0.205. The van der Waals surface area contributed by atoms with Crippen molar-refractivity contribution < 1.29 is 5.11 Å². The van der Waals surface area contributed by atoms with Crippen molar-refractivity contribution >= 4 is 0 Å². The van der Waals surface area contributed by atoms with E-state index in [2.05, 4.69) is 26.1 Å². The Labute approximate surface area is 63.6 Å². The van der Waals surface area contributed by atoms with Crippen LogP contribution in [0.15, 0.2) is 0 Å². The summed E-state index contributed by atoms with van der Waals surface area (Å²) in [7, 11) is 1.88. The summed E-state index contributed by atoms with van der Waals surface area (Å²) in [6, 6.07) is 0.250. The number of nitrogens with one attached hydrogen (secondary N) is 1. The monoisotopic (exact) mass is 145 g/mol. The Morgan fingerprint density at radius 3 is 2.00 bits per heavy atom. The summed E-state index contributed by atoms with van der Waals surface area (Å²) < 4.78 is 0. The lowest BCUT2D eigenvalue weighted by atomic mass is 9.88. The first-order chi connectivity index (χ1) is 4.49. The maximum Gasteiger partial charge on any atom is 0.0584 e. The summed E-state index contributed by atoms with van der Waals surface area (Å²) in [5.74, 6) is 0. The van der Waals surface area contributed by atoms with Crippen molar-refractivity contribution in [2.45, 2.75) is 33.2 Å². The van der Waals surface area contributed by atoms with Crippen LogP contribution in [0.3, 0.4) is 0 Å². The zero-order chi connectivity index (χ0) is 8.20. The maximum atomic E-state index is 8.83. The number of hydrogen-bond acceptors (Lipinski definition) is 2. The van der Waals surface area contributed by atoms with Gasteiger partial charge in [0.05, 0.1) is 6.61 Å². The summed E-state index contributed by atoms with van der Waals surface area (Å²) in [6.07, 6.45) is 1.01. The number of likely N-dealkylation sites (N-methyl/N-ethyl adjacent to an activating group) is 1. The van der Waals surface area contributed by atoms with Crippen LogP contribution >= 0.6 is 0 Å². The van der Waals surface area contributed by atoms with Gasteiger partial charge in [0, 0.05) is 6.04 Å². The second-order valence-corrected chi connectivity index (χ2v) is 3.93. The molecule has 0 amide bonds. The van der Waals surface area contributed by atoms with Gasteiger partial charge in [0.15, 0.2) is 0 Å². The molecule has 1 unspecified atom stereocenters. The van der Waals surface area contributed by atoms with Crippen molar-refractivity contribution in [2.75, 3.05) is 13.7 Å². The molecule has 2 heteroatoms. The molecular weight excluding hydrogens is 126 g/mol. The van der Waals surface area contributed by atoms with Gasteiger partial charge in [-0.15, -0.1) is 0 Å². The largest absolute Gasteiger partial charge is 0.395 e. The molecule has 2 N–H and O–H groups in total. The van der Waals surface area contributed by atoms with Gasteiger partial charge in [-0.1, -0.05) is 20.8 Å². The molecule has 0 radical (unpaired) electrons. The zero-order valence-corrected chi connectivity index (χ0v) is 7.44. The van der Waals surface area contributed by atoms with E-state index in [1.807, 2.05) is 7.05 Å². The third-order valence-electron chi connectivity index (χ3n) is 1.49. The van der Waals surface area contributed by atoms with Crippen LogP contribution in [0, 0.1) is 5.41 Å². The SMILES string of the molecule is CNC(CO)CC(C)(C)C. The normalized spacial score (nSPS) is 15.3. The Morgan fingerprint density at radius 2 is 1.90 bits per heavy atom. The lowest BCUT2D eigenvalue weighted by Gasteiger charge is -2.23. The van der Waals surface area contributed by atoms with E-state index in [1.165, 1.54) is 0 Å². The average Bonchev–Trinajstić information content (AvgIpc) is 1.81. The highest BCUT2D eigenvalue weighted by Crippen LogP contribution is 2.20. The molecule has 0 bridgehead atoms. The van der Waals surface area contributed by atoms with Crippen LogP contribution in [0.4, 0.5) is 0 Å². The van der Waals surface area contributed by atoms with E-state index in [9.17, 15) is 0 Å². The number of aliphatic hydroxyl groups excluding tert-OH is 1. The molecule has 62 valence electrons. The van der Waals surface area contributed by atoms with Crippen LogP contribution in [0.25, 0.3) is 0 Å². The van der Waals surface area contributed by atoms with Gasteiger partial charge in [-0.25, -0.2) is 0 Å². The van der Waals surface area contributed by atoms with Crippen LogP contribution in [0.2, 0.25) is 0 Å². The molecule has 0 aromatic carbocycles. The van der Waals surface area contributed by atoms with Gasteiger partial charge in [-0.05, 0) is 18.9 Å². The van der Waals surface area contributed by atoms with Gasteiger partial charge >= 0.3 is 0 Å². The van der Waals surface area contributed by atoms with E-state index in [0.717, 1.165) is 6.42 Å². The van der Waals surface area contributed by atoms with E-state index in [0.29, 0.717) is 5.41 Å². The quantitative estimate of drug-likeness (QED) is 0.621.